The first-order chi connectivity index (χ1) is 11.7. The van der Waals surface area contributed by atoms with Gasteiger partial charge in [0, 0.05) is 15.4 Å². The number of hydrogen-bond donors (Lipinski definition) is 3. The number of aliphatic hydroxyl groups excluding tert-OH is 1. The molecule has 0 aliphatic rings. The third-order valence-electron chi connectivity index (χ3n) is 3.25. The van der Waals surface area contributed by atoms with E-state index in [9.17, 15) is 15.0 Å². The van der Waals surface area contributed by atoms with Gasteiger partial charge in [0.15, 0.2) is 6.29 Å². The van der Waals surface area contributed by atoms with Crippen LogP contribution in [0.3, 0.4) is 0 Å². The lowest BCUT2D eigenvalue weighted by atomic mass is 10.2. The maximum Gasteiger partial charge on any atom is 0.162 e. The Balaban J connectivity index is 1.76. The molecule has 3 N–H and O–H groups in total. The van der Waals surface area contributed by atoms with Crippen LogP contribution >= 0.6 is 22.7 Å². The Hall–Kier alpha value is -2.48. The predicted molar refractivity (Wildman–Crippen MR) is 98.0 cm³/mol. The molecular weight excluding hydrogens is 344 g/mol. The number of aromatic hydroxyl groups is 1. The number of aliphatic hydroxyl groups is 1. The van der Waals surface area contributed by atoms with Crippen LogP contribution in [0.25, 0.3) is 0 Å². The van der Waals surface area contributed by atoms with Gasteiger partial charge in [-0.05, 0) is 41.8 Å². The van der Waals surface area contributed by atoms with E-state index in [1.807, 2.05) is 17.5 Å². The molecule has 24 heavy (non-hydrogen) atoms. The summed E-state index contributed by atoms with van der Waals surface area (Å²) in [6.45, 7) is 0. The Morgan fingerprint density at radius 3 is 2.62 bits per heavy atom. The number of rotatable bonds is 6. The first-order valence-corrected chi connectivity index (χ1v) is 8.75. The second-order valence-corrected chi connectivity index (χ2v) is 6.98. The van der Waals surface area contributed by atoms with Gasteiger partial charge in [0.05, 0.1) is 16.9 Å². The zero-order valence-electron chi connectivity index (χ0n) is 12.4. The monoisotopic (exact) mass is 358 g/mol. The van der Waals surface area contributed by atoms with Gasteiger partial charge in [-0.15, -0.1) is 22.7 Å². The summed E-state index contributed by atoms with van der Waals surface area (Å²) in [6.07, 6.45) is 1.47. The van der Waals surface area contributed by atoms with E-state index in [4.69, 9.17) is 0 Å². The van der Waals surface area contributed by atoms with Gasteiger partial charge < -0.3 is 15.5 Å². The molecule has 0 saturated carbocycles. The number of thiophene rings is 2. The van der Waals surface area contributed by atoms with E-state index < -0.39 is 6.10 Å². The topological polar surface area (TPSA) is 81.9 Å². The number of aldehydes is 1. The predicted octanol–water partition coefficient (Wildman–Crippen LogP) is 4.18. The van der Waals surface area contributed by atoms with Crippen molar-refractivity contribution in [2.24, 2.45) is 4.99 Å². The van der Waals surface area contributed by atoms with Crippen LogP contribution in [0.2, 0.25) is 0 Å². The molecule has 0 aliphatic carbocycles. The van der Waals surface area contributed by atoms with Crippen molar-refractivity contribution in [1.29, 1.82) is 0 Å². The highest BCUT2D eigenvalue weighted by Crippen LogP contribution is 2.36. The lowest BCUT2D eigenvalue weighted by molar-refractivity contribution is 0.112. The molecule has 0 radical (unpaired) electrons. The fraction of sp³-hybridized carbons (Fsp3) is 0.0588. The zero-order chi connectivity index (χ0) is 16.9. The standard InChI is InChI=1S/C17H14N2O3S2/c20-9-16-13(19-10-18-11-3-5-12(21)6-4-11)8-15(24-16)17(22)14-2-1-7-23-14/h1-10,17,21-22H,(H,18,19). The lowest BCUT2D eigenvalue weighted by Gasteiger charge is -2.04. The number of benzene rings is 1. The SMILES string of the molecule is O=Cc1sc(C(O)c2cccs2)cc1/N=C\Nc1ccc(O)cc1. The summed E-state index contributed by atoms with van der Waals surface area (Å²) >= 11 is 2.69. The molecule has 1 atom stereocenters. The van der Waals surface area contributed by atoms with E-state index in [0.717, 1.165) is 16.9 Å². The maximum absolute atomic E-state index is 11.2. The third kappa shape index (κ3) is 3.70. The number of nitrogens with one attached hydrogen (secondary N) is 1. The summed E-state index contributed by atoms with van der Waals surface area (Å²) in [5.74, 6) is 0.186. The van der Waals surface area contributed by atoms with Crippen LogP contribution in [-0.4, -0.2) is 22.8 Å². The molecule has 0 aliphatic heterocycles. The number of nitrogens with zero attached hydrogens (tertiary/aromatic N) is 1. The lowest BCUT2D eigenvalue weighted by Crippen LogP contribution is -1.93. The van der Waals surface area contributed by atoms with E-state index in [1.165, 1.54) is 29.0 Å². The van der Waals surface area contributed by atoms with E-state index in [1.54, 1.807) is 30.3 Å². The molecule has 0 bridgehead atoms. The Morgan fingerprint density at radius 1 is 1.17 bits per heavy atom. The van der Waals surface area contributed by atoms with Crippen LogP contribution in [0.5, 0.6) is 5.75 Å². The number of anilines is 1. The van der Waals surface area contributed by atoms with Crippen molar-refractivity contribution in [2.45, 2.75) is 6.10 Å². The van der Waals surface area contributed by atoms with Crippen LogP contribution < -0.4 is 5.32 Å². The summed E-state index contributed by atoms with van der Waals surface area (Å²) in [6, 6.07) is 12.0. The van der Waals surface area contributed by atoms with Crippen LogP contribution in [0.4, 0.5) is 11.4 Å². The van der Waals surface area contributed by atoms with Gasteiger partial charge in [0.25, 0.3) is 0 Å². The van der Waals surface area contributed by atoms with Gasteiger partial charge >= 0.3 is 0 Å². The Bertz CT molecular complexity index is 839. The van der Waals surface area contributed by atoms with E-state index in [2.05, 4.69) is 10.3 Å². The van der Waals surface area contributed by atoms with Crippen LogP contribution in [0.15, 0.2) is 52.8 Å². The molecule has 122 valence electrons. The van der Waals surface area contributed by atoms with E-state index in [0.29, 0.717) is 15.4 Å². The largest absolute Gasteiger partial charge is 0.508 e. The highest BCUT2D eigenvalue weighted by molar-refractivity contribution is 7.14. The van der Waals surface area contributed by atoms with Crippen molar-refractivity contribution in [3.05, 3.63) is 62.5 Å². The fourth-order valence-corrected chi connectivity index (χ4v) is 3.79. The Morgan fingerprint density at radius 2 is 1.96 bits per heavy atom. The Kier molecular flexibility index (Phi) is 5.05. The van der Waals surface area contributed by atoms with Crippen molar-refractivity contribution < 1.29 is 15.0 Å². The molecule has 0 spiro atoms. The average Bonchev–Trinajstić information content (AvgIpc) is 3.25. The number of hydrogen-bond acceptors (Lipinski definition) is 6. The van der Waals surface area contributed by atoms with Crippen LogP contribution in [-0.2, 0) is 0 Å². The quantitative estimate of drug-likeness (QED) is 0.267. The molecule has 3 aromatic rings. The molecule has 7 heteroatoms. The first kappa shape index (κ1) is 16.4. The van der Waals surface area contributed by atoms with Gasteiger partial charge in [0.2, 0.25) is 0 Å². The summed E-state index contributed by atoms with van der Waals surface area (Å²) in [4.78, 5) is 17.4. The van der Waals surface area contributed by atoms with Crippen molar-refractivity contribution in [3.8, 4) is 5.75 Å². The minimum atomic E-state index is -0.747. The summed E-state index contributed by atoms with van der Waals surface area (Å²) in [5, 5.41) is 24.5. The van der Waals surface area contributed by atoms with Crippen LogP contribution in [0, 0.1) is 0 Å². The van der Waals surface area contributed by atoms with Gasteiger partial charge in [0.1, 0.15) is 11.9 Å². The van der Waals surface area contributed by atoms with Gasteiger partial charge in [-0.2, -0.15) is 0 Å². The van der Waals surface area contributed by atoms with Crippen LogP contribution in [0.1, 0.15) is 25.5 Å². The fourth-order valence-electron chi connectivity index (χ4n) is 2.06. The molecule has 5 nitrogen and oxygen atoms in total. The number of phenolic OH excluding ortho intramolecular Hbond substituents is 1. The molecule has 2 heterocycles. The smallest absolute Gasteiger partial charge is 0.162 e. The molecule has 0 fully saturated rings. The minimum Gasteiger partial charge on any atom is -0.508 e. The third-order valence-corrected chi connectivity index (χ3v) is 5.28. The second-order valence-electron chi connectivity index (χ2n) is 4.88. The first-order valence-electron chi connectivity index (χ1n) is 7.06. The van der Waals surface area contributed by atoms with E-state index in [-0.39, 0.29) is 5.75 Å². The number of carbonyl (C=O) groups excluding carboxylic acids is 1. The maximum atomic E-state index is 11.2. The second kappa shape index (κ2) is 7.39. The number of phenols is 1. The molecule has 0 amide bonds. The number of aliphatic imine (C=N–C) groups is 1. The highest BCUT2D eigenvalue weighted by atomic mass is 32.1. The molecule has 0 saturated heterocycles. The zero-order valence-corrected chi connectivity index (χ0v) is 14.1. The van der Waals surface area contributed by atoms with Gasteiger partial charge in [-0.25, -0.2) is 4.99 Å². The van der Waals surface area contributed by atoms with Crippen molar-refractivity contribution in [1.82, 2.24) is 0 Å². The minimum absolute atomic E-state index is 0.186. The van der Waals surface area contributed by atoms with Crippen molar-refractivity contribution in [3.63, 3.8) is 0 Å². The van der Waals surface area contributed by atoms with E-state index >= 15 is 0 Å². The summed E-state index contributed by atoms with van der Waals surface area (Å²) in [7, 11) is 0. The van der Waals surface area contributed by atoms with Gasteiger partial charge in [-0.1, -0.05) is 6.07 Å². The normalized spacial score (nSPS) is 12.4. The highest BCUT2D eigenvalue weighted by Gasteiger charge is 2.17. The Labute approximate surface area is 146 Å². The molecule has 2 aromatic heterocycles. The summed E-state index contributed by atoms with van der Waals surface area (Å²) < 4.78 is 0. The summed E-state index contributed by atoms with van der Waals surface area (Å²) in [5.41, 5.74) is 1.27. The molecular formula is C17H14N2O3S2. The molecule has 1 unspecified atom stereocenters. The molecule has 3 rings (SSSR count). The molecule has 1 aromatic carbocycles. The number of carbonyl (C=O) groups is 1. The average molecular weight is 358 g/mol. The van der Waals surface area contributed by atoms with Crippen molar-refractivity contribution in [2.75, 3.05) is 5.32 Å². The van der Waals surface area contributed by atoms with Gasteiger partial charge in [-0.3, -0.25) is 4.79 Å². The van der Waals surface area contributed by atoms with Crippen molar-refractivity contribution >= 4 is 46.7 Å².